The number of pyridine rings is 1. The summed E-state index contributed by atoms with van der Waals surface area (Å²) in [5.74, 6) is -0.538. The highest BCUT2D eigenvalue weighted by atomic mass is 19.1. The standard InChI is InChI=1S/C25H30FN5O4/c1-35-20-8-16(17(26)11-27-20)18-9-19(30-29-18)22(33)31-7-2-15(10-24(31)4-5-24)21(32)28-14-23-3-6-25(34,12-23)13-23/h8-9,11,15,34H,2-7,10,12-14H2,1H3,(H,28,32)(H,29,30)/t15-,23?,25?/m0/s1. The van der Waals surface area contributed by atoms with Crippen LogP contribution in [-0.2, 0) is 4.79 Å². The normalized spacial score (nSPS) is 30.1. The molecule has 2 aromatic heterocycles. The van der Waals surface area contributed by atoms with Crippen LogP contribution in [-0.4, -0.2) is 68.3 Å². The van der Waals surface area contributed by atoms with Crippen molar-refractivity contribution in [2.75, 3.05) is 20.2 Å². The minimum atomic E-state index is -0.539. The van der Waals surface area contributed by atoms with E-state index in [-0.39, 0.29) is 45.8 Å². The van der Waals surface area contributed by atoms with Gasteiger partial charge in [-0.25, -0.2) is 9.37 Å². The van der Waals surface area contributed by atoms with E-state index in [9.17, 15) is 19.1 Å². The van der Waals surface area contributed by atoms with Crippen LogP contribution in [0.4, 0.5) is 4.39 Å². The lowest BCUT2D eigenvalue weighted by atomic mass is 9.67. The zero-order valence-electron chi connectivity index (χ0n) is 19.8. The molecule has 7 rings (SSSR count). The first kappa shape index (κ1) is 22.5. The molecule has 1 spiro atoms. The summed E-state index contributed by atoms with van der Waals surface area (Å²) in [6.45, 7) is 1.12. The smallest absolute Gasteiger partial charge is 0.274 e. The van der Waals surface area contributed by atoms with Crippen LogP contribution < -0.4 is 10.1 Å². The number of piperidine rings is 1. The summed E-state index contributed by atoms with van der Waals surface area (Å²) in [5.41, 5.74) is 0.113. The Morgan fingerprint density at radius 1 is 1.29 bits per heavy atom. The number of amides is 2. The maximum Gasteiger partial charge on any atom is 0.274 e. The molecule has 10 heteroatoms. The van der Waals surface area contributed by atoms with E-state index in [0.29, 0.717) is 31.6 Å². The third-order valence-corrected chi connectivity index (χ3v) is 8.64. The molecule has 0 radical (unpaired) electrons. The number of ether oxygens (including phenoxy) is 1. The van der Waals surface area contributed by atoms with Crippen molar-refractivity contribution in [1.82, 2.24) is 25.4 Å². The topological polar surface area (TPSA) is 120 Å². The summed E-state index contributed by atoms with van der Waals surface area (Å²) in [6, 6.07) is 3.01. The highest BCUT2D eigenvalue weighted by molar-refractivity contribution is 5.94. The predicted octanol–water partition coefficient (Wildman–Crippen LogP) is 2.43. The maximum atomic E-state index is 14.3. The molecule has 9 nitrogen and oxygen atoms in total. The van der Waals surface area contributed by atoms with Gasteiger partial charge < -0.3 is 20.1 Å². The Morgan fingerprint density at radius 2 is 2.09 bits per heavy atom. The number of hydrogen-bond donors (Lipinski definition) is 3. The first-order chi connectivity index (χ1) is 16.7. The number of halogens is 1. The Hall–Kier alpha value is -3.01. The molecule has 1 atom stereocenters. The van der Waals surface area contributed by atoms with Crippen molar-refractivity contribution >= 4 is 11.8 Å². The fourth-order valence-electron chi connectivity index (χ4n) is 6.63. The van der Waals surface area contributed by atoms with Gasteiger partial charge in [-0.15, -0.1) is 0 Å². The number of H-pyrrole nitrogens is 1. The molecule has 5 fully saturated rings. The van der Waals surface area contributed by atoms with Gasteiger partial charge in [-0.3, -0.25) is 14.7 Å². The summed E-state index contributed by atoms with van der Waals surface area (Å²) in [7, 11) is 1.45. The molecule has 186 valence electrons. The first-order valence-corrected chi connectivity index (χ1v) is 12.3. The van der Waals surface area contributed by atoms with Crippen molar-refractivity contribution in [2.24, 2.45) is 11.3 Å². The molecule has 1 aliphatic heterocycles. The molecule has 4 aliphatic carbocycles. The van der Waals surface area contributed by atoms with Gasteiger partial charge in [0, 0.05) is 36.2 Å². The zero-order valence-corrected chi connectivity index (χ0v) is 19.8. The van der Waals surface area contributed by atoms with Gasteiger partial charge in [-0.1, -0.05) is 0 Å². The van der Waals surface area contributed by atoms with Crippen molar-refractivity contribution in [3.05, 3.63) is 29.8 Å². The fraction of sp³-hybridized carbons (Fsp3) is 0.600. The molecule has 4 saturated carbocycles. The fourth-order valence-corrected chi connectivity index (χ4v) is 6.63. The van der Waals surface area contributed by atoms with Gasteiger partial charge in [0.1, 0.15) is 0 Å². The quantitative estimate of drug-likeness (QED) is 0.581. The van der Waals surface area contributed by atoms with Gasteiger partial charge >= 0.3 is 0 Å². The number of fused-ring (bicyclic) bond motifs is 1. The second kappa shape index (κ2) is 7.74. The molecular weight excluding hydrogens is 453 g/mol. The number of aromatic amines is 1. The molecule has 5 aliphatic rings. The van der Waals surface area contributed by atoms with Crippen LogP contribution in [0, 0.1) is 17.2 Å². The Kier molecular flexibility index (Phi) is 4.97. The van der Waals surface area contributed by atoms with Gasteiger partial charge in [0.15, 0.2) is 11.5 Å². The van der Waals surface area contributed by atoms with Crippen molar-refractivity contribution in [2.45, 2.75) is 62.5 Å². The van der Waals surface area contributed by atoms with E-state index in [2.05, 4.69) is 20.5 Å². The van der Waals surface area contributed by atoms with Crippen LogP contribution in [0.3, 0.4) is 0 Å². The summed E-state index contributed by atoms with van der Waals surface area (Å²) in [6.07, 6.45) is 7.45. The lowest BCUT2D eigenvalue weighted by Gasteiger charge is -2.44. The Labute approximate surface area is 202 Å². The Bertz CT molecular complexity index is 1190. The second-order valence-corrected chi connectivity index (χ2v) is 11.0. The van der Waals surface area contributed by atoms with E-state index >= 15 is 0 Å². The van der Waals surface area contributed by atoms with Crippen LogP contribution in [0.2, 0.25) is 0 Å². The minimum Gasteiger partial charge on any atom is -0.481 e. The highest BCUT2D eigenvalue weighted by Crippen LogP contribution is 2.61. The SMILES string of the molecule is COc1cc(-c2cc(C(=O)N3CC[C@H](C(=O)NCC45CCC(O)(C4)C5)CC34CC4)n[nH]2)c(F)cn1. The van der Waals surface area contributed by atoms with Crippen LogP contribution in [0.1, 0.15) is 61.9 Å². The third kappa shape index (κ3) is 3.78. The Morgan fingerprint density at radius 3 is 2.77 bits per heavy atom. The van der Waals surface area contributed by atoms with Gasteiger partial charge in [0.05, 0.1) is 24.6 Å². The van der Waals surface area contributed by atoms with E-state index in [1.165, 1.54) is 13.2 Å². The lowest BCUT2D eigenvalue weighted by Crippen LogP contribution is -2.53. The number of carbonyl (C=O) groups excluding carboxylic acids is 2. The molecule has 0 unspecified atom stereocenters. The van der Waals surface area contributed by atoms with Crippen LogP contribution >= 0.6 is 0 Å². The monoisotopic (exact) mass is 483 g/mol. The molecular formula is C25H30FN5O4. The summed E-state index contributed by atoms with van der Waals surface area (Å²) in [5, 5.41) is 20.3. The highest BCUT2D eigenvalue weighted by Gasteiger charge is 2.60. The molecule has 2 bridgehead atoms. The molecule has 2 amide bonds. The van der Waals surface area contributed by atoms with E-state index in [0.717, 1.165) is 44.7 Å². The molecule has 3 heterocycles. The molecule has 35 heavy (non-hydrogen) atoms. The average Bonchev–Trinajstić information content (AvgIpc) is 3.18. The van der Waals surface area contributed by atoms with Crippen molar-refractivity contribution in [3.63, 3.8) is 0 Å². The van der Waals surface area contributed by atoms with Crippen molar-refractivity contribution in [1.29, 1.82) is 0 Å². The van der Waals surface area contributed by atoms with E-state index in [1.54, 1.807) is 6.07 Å². The number of aliphatic hydroxyl groups is 1. The van der Waals surface area contributed by atoms with E-state index < -0.39 is 11.4 Å². The largest absolute Gasteiger partial charge is 0.481 e. The van der Waals surface area contributed by atoms with Crippen molar-refractivity contribution < 1.29 is 23.8 Å². The number of nitrogens with one attached hydrogen (secondary N) is 2. The van der Waals surface area contributed by atoms with E-state index in [1.807, 2.05) is 4.90 Å². The lowest BCUT2D eigenvalue weighted by molar-refractivity contribution is -0.129. The predicted molar refractivity (Wildman–Crippen MR) is 123 cm³/mol. The molecule has 1 saturated heterocycles. The summed E-state index contributed by atoms with van der Waals surface area (Å²) >= 11 is 0. The number of methoxy groups -OCH3 is 1. The molecule has 2 aromatic rings. The molecule has 3 N–H and O–H groups in total. The maximum absolute atomic E-state index is 14.3. The number of carbonyl (C=O) groups is 2. The third-order valence-electron chi connectivity index (χ3n) is 8.64. The number of hydrogen-bond acceptors (Lipinski definition) is 6. The van der Waals surface area contributed by atoms with Gasteiger partial charge in [-0.2, -0.15) is 5.10 Å². The Balaban J connectivity index is 1.10. The number of nitrogens with zero attached hydrogens (tertiary/aromatic N) is 3. The minimum absolute atomic E-state index is 0.0595. The van der Waals surface area contributed by atoms with Crippen LogP contribution in [0.15, 0.2) is 18.3 Å². The second-order valence-electron chi connectivity index (χ2n) is 11.0. The summed E-state index contributed by atoms with van der Waals surface area (Å²) < 4.78 is 19.4. The average molecular weight is 484 g/mol. The van der Waals surface area contributed by atoms with Gasteiger partial charge in [0.25, 0.3) is 5.91 Å². The molecule has 0 aromatic carbocycles. The van der Waals surface area contributed by atoms with Gasteiger partial charge in [-0.05, 0) is 62.8 Å². The van der Waals surface area contributed by atoms with E-state index in [4.69, 9.17) is 4.74 Å². The number of aromatic nitrogens is 3. The summed E-state index contributed by atoms with van der Waals surface area (Å²) in [4.78, 5) is 32.0. The van der Waals surface area contributed by atoms with Crippen LogP contribution in [0.5, 0.6) is 5.88 Å². The van der Waals surface area contributed by atoms with Crippen molar-refractivity contribution in [3.8, 4) is 17.1 Å². The number of rotatable bonds is 6. The first-order valence-electron chi connectivity index (χ1n) is 12.3. The number of likely N-dealkylation sites (tertiary alicyclic amines) is 1. The van der Waals surface area contributed by atoms with Crippen LogP contribution in [0.25, 0.3) is 11.3 Å². The zero-order chi connectivity index (χ0) is 24.4. The van der Waals surface area contributed by atoms with Gasteiger partial charge in [0.2, 0.25) is 11.8 Å².